The predicted molar refractivity (Wildman–Crippen MR) is 97.7 cm³/mol. The van der Waals surface area contributed by atoms with Crippen LogP contribution in [-0.2, 0) is 24.3 Å². The third kappa shape index (κ3) is 5.57. The van der Waals surface area contributed by atoms with Gasteiger partial charge in [0, 0.05) is 0 Å². The number of carbonyl (C=O) groups excluding carboxylic acids is 2. The van der Waals surface area contributed by atoms with Crippen LogP contribution in [0.2, 0.25) is 0 Å². The summed E-state index contributed by atoms with van der Waals surface area (Å²) in [6, 6.07) is 9.06. The number of thiophene rings is 1. The molecule has 0 atom stereocenters. The van der Waals surface area contributed by atoms with Crippen LogP contribution in [0, 0.1) is 0 Å². The number of esters is 2. The molecule has 1 heterocycles. The van der Waals surface area contributed by atoms with E-state index in [-0.39, 0.29) is 15.5 Å². The Hall–Kier alpha value is -2.39. The SMILES string of the molecule is CC(C)(C)OC(=O)COC(=O)c1ccccc1NS(=O)(=O)c1cccs1. The highest BCUT2D eigenvalue weighted by molar-refractivity contribution is 7.94. The van der Waals surface area contributed by atoms with Gasteiger partial charge < -0.3 is 9.47 Å². The smallest absolute Gasteiger partial charge is 0.344 e. The van der Waals surface area contributed by atoms with Crippen molar-refractivity contribution in [3.05, 3.63) is 47.3 Å². The average Bonchev–Trinajstić information content (AvgIpc) is 3.06. The third-order valence-corrected chi connectivity index (χ3v) is 5.66. The molecule has 0 aliphatic carbocycles. The number of anilines is 1. The molecule has 1 aromatic heterocycles. The summed E-state index contributed by atoms with van der Waals surface area (Å²) in [5.74, 6) is -1.53. The number of para-hydroxylation sites is 1. The van der Waals surface area contributed by atoms with Crippen molar-refractivity contribution >= 4 is 39.0 Å². The van der Waals surface area contributed by atoms with Gasteiger partial charge in [0.2, 0.25) is 0 Å². The van der Waals surface area contributed by atoms with Crippen LogP contribution in [0.5, 0.6) is 0 Å². The molecular weight excluding hydrogens is 378 g/mol. The maximum absolute atomic E-state index is 12.3. The molecule has 2 rings (SSSR count). The molecule has 9 heteroatoms. The fourth-order valence-electron chi connectivity index (χ4n) is 1.93. The van der Waals surface area contributed by atoms with Crippen LogP contribution in [0.1, 0.15) is 31.1 Å². The van der Waals surface area contributed by atoms with Crippen molar-refractivity contribution in [2.24, 2.45) is 0 Å². The lowest BCUT2D eigenvalue weighted by Crippen LogP contribution is -2.27. The molecule has 7 nitrogen and oxygen atoms in total. The summed E-state index contributed by atoms with van der Waals surface area (Å²) in [4.78, 5) is 23.9. The molecule has 0 radical (unpaired) electrons. The highest BCUT2D eigenvalue weighted by Crippen LogP contribution is 2.23. The number of benzene rings is 1. The summed E-state index contributed by atoms with van der Waals surface area (Å²) in [5.41, 5.74) is -0.635. The quantitative estimate of drug-likeness (QED) is 0.752. The van der Waals surface area contributed by atoms with Crippen LogP contribution < -0.4 is 4.72 Å². The summed E-state index contributed by atoms with van der Waals surface area (Å²) in [6.07, 6.45) is 0. The first-order valence-corrected chi connectivity index (χ1v) is 9.99. The van der Waals surface area contributed by atoms with E-state index < -0.39 is 34.2 Å². The normalized spacial score (nSPS) is 11.7. The lowest BCUT2D eigenvalue weighted by atomic mass is 10.2. The van der Waals surface area contributed by atoms with E-state index in [9.17, 15) is 18.0 Å². The van der Waals surface area contributed by atoms with Gasteiger partial charge in [0.1, 0.15) is 9.81 Å². The van der Waals surface area contributed by atoms with Gasteiger partial charge in [0.05, 0.1) is 11.3 Å². The molecule has 0 fully saturated rings. The Morgan fingerprint density at radius 3 is 2.42 bits per heavy atom. The molecule has 0 spiro atoms. The van der Waals surface area contributed by atoms with Gasteiger partial charge in [-0.25, -0.2) is 18.0 Å². The standard InChI is InChI=1S/C17H19NO6S2/c1-17(2,3)24-14(19)11-23-16(20)12-7-4-5-8-13(12)18-26(21,22)15-9-6-10-25-15/h4-10,18H,11H2,1-3H3. The molecule has 0 saturated heterocycles. The first kappa shape index (κ1) is 19.9. The van der Waals surface area contributed by atoms with E-state index in [1.54, 1.807) is 44.4 Å². The van der Waals surface area contributed by atoms with Crippen LogP contribution in [0.4, 0.5) is 5.69 Å². The number of ether oxygens (including phenoxy) is 2. The molecular formula is C17H19NO6S2. The van der Waals surface area contributed by atoms with E-state index >= 15 is 0 Å². The second-order valence-electron chi connectivity index (χ2n) is 6.25. The maximum Gasteiger partial charge on any atom is 0.344 e. The fourth-order valence-corrected chi connectivity index (χ4v) is 4.01. The summed E-state index contributed by atoms with van der Waals surface area (Å²) in [7, 11) is -3.81. The van der Waals surface area contributed by atoms with E-state index in [4.69, 9.17) is 9.47 Å². The first-order chi connectivity index (χ1) is 12.1. The van der Waals surface area contributed by atoms with Gasteiger partial charge >= 0.3 is 11.9 Å². The fraction of sp³-hybridized carbons (Fsp3) is 0.294. The molecule has 0 unspecified atom stereocenters. The number of hydrogen-bond donors (Lipinski definition) is 1. The van der Waals surface area contributed by atoms with Crippen molar-refractivity contribution in [1.82, 2.24) is 0 Å². The van der Waals surface area contributed by atoms with Crippen LogP contribution in [0.15, 0.2) is 46.0 Å². The van der Waals surface area contributed by atoms with E-state index in [1.165, 1.54) is 18.2 Å². The molecule has 0 aliphatic rings. The van der Waals surface area contributed by atoms with Gasteiger partial charge in [-0.2, -0.15) is 0 Å². The Morgan fingerprint density at radius 2 is 1.81 bits per heavy atom. The molecule has 140 valence electrons. The van der Waals surface area contributed by atoms with E-state index in [2.05, 4.69) is 4.72 Å². The third-order valence-electron chi connectivity index (χ3n) is 2.89. The minimum absolute atomic E-state index is 0.00353. The molecule has 1 aromatic carbocycles. The zero-order valence-electron chi connectivity index (χ0n) is 14.5. The van der Waals surface area contributed by atoms with Crippen molar-refractivity contribution in [1.29, 1.82) is 0 Å². The number of sulfonamides is 1. The van der Waals surface area contributed by atoms with Gasteiger partial charge in [-0.05, 0) is 44.4 Å². The molecule has 0 bridgehead atoms. The molecule has 0 aliphatic heterocycles. The molecule has 1 N–H and O–H groups in total. The average molecular weight is 397 g/mol. The zero-order valence-corrected chi connectivity index (χ0v) is 16.1. The molecule has 0 amide bonds. The van der Waals surface area contributed by atoms with Crippen LogP contribution in [0.25, 0.3) is 0 Å². The maximum atomic E-state index is 12.3. The topological polar surface area (TPSA) is 98.8 Å². The van der Waals surface area contributed by atoms with Crippen molar-refractivity contribution in [2.45, 2.75) is 30.6 Å². The molecule has 26 heavy (non-hydrogen) atoms. The van der Waals surface area contributed by atoms with Crippen LogP contribution >= 0.6 is 11.3 Å². The highest BCUT2D eigenvalue weighted by Gasteiger charge is 2.22. The largest absolute Gasteiger partial charge is 0.457 e. The number of rotatable bonds is 6. The Labute approximate surface area is 156 Å². The number of nitrogens with one attached hydrogen (secondary N) is 1. The van der Waals surface area contributed by atoms with E-state index in [0.29, 0.717) is 0 Å². The number of carbonyl (C=O) groups is 2. The number of hydrogen-bond acceptors (Lipinski definition) is 7. The summed E-state index contributed by atoms with van der Waals surface area (Å²) in [6.45, 7) is 4.52. The minimum atomic E-state index is -3.81. The Balaban J connectivity index is 2.11. The summed E-state index contributed by atoms with van der Waals surface area (Å²) < 4.78 is 37.1. The van der Waals surface area contributed by atoms with E-state index in [0.717, 1.165) is 11.3 Å². The van der Waals surface area contributed by atoms with Gasteiger partial charge in [-0.15, -0.1) is 11.3 Å². The van der Waals surface area contributed by atoms with Gasteiger partial charge in [-0.3, -0.25) is 4.72 Å². The lowest BCUT2D eigenvalue weighted by Gasteiger charge is -2.19. The second kappa shape index (κ2) is 7.88. The Kier molecular flexibility index (Phi) is 6.04. The zero-order chi connectivity index (χ0) is 19.4. The first-order valence-electron chi connectivity index (χ1n) is 7.63. The van der Waals surface area contributed by atoms with E-state index in [1.807, 2.05) is 0 Å². The molecule has 2 aromatic rings. The second-order valence-corrected chi connectivity index (χ2v) is 9.10. The Bertz CT molecular complexity index is 882. The van der Waals surface area contributed by atoms with Crippen molar-refractivity contribution in [3.8, 4) is 0 Å². The van der Waals surface area contributed by atoms with Gasteiger partial charge in [0.25, 0.3) is 10.0 Å². The highest BCUT2D eigenvalue weighted by atomic mass is 32.2. The summed E-state index contributed by atoms with van der Waals surface area (Å²) in [5, 5.41) is 1.63. The van der Waals surface area contributed by atoms with Crippen molar-refractivity contribution in [2.75, 3.05) is 11.3 Å². The Morgan fingerprint density at radius 1 is 1.12 bits per heavy atom. The summed E-state index contributed by atoms with van der Waals surface area (Å²) >= 11 is 1.05. The van der Waals surface area contributed by atoms with Gasteiger partial charge in [-0.1, -0.05) is 18.2 Å². The predicted octanol–water partition coefficient (Wildman–Crippen LogP) is 3.05. The van der Waals surface area contributed by atoms with Crippen LogP contribution in [-0.4, -0.2) is 32.6 Å². The monoisotopic (exact) mass is 397 g/mol. The molecule has 0 saturated carbocycles. The van der Waals surface area contributed by atoms with Crippen molar-refractivity contribution in [3.63, 3.8) is 0 Å². The minimum Gasteiger partial charge on any atom is -0.457 e. The van der Waals surface area contributed by atoms with Gasteiger partial charge in [0.15, 0.2) is 6.61 Å². The van der Waals surface area contributed by atoms with Crippen LogP contribution in [0.3, 0.4) is 0 Å². The lowest BCUT2D eigenvalue weighted by molar-refractivity contribution is -0.158. The van der Waals surface area contributed by atoms with Crippen molar-refractivity contribution < 1.29 is 27.5 Å².